The van der Waals surface area contributed by atoms with Crippen LogP contribution in [0.4, 0.5) is 14.6 Å². The lowest BCUT2D eigenvalue weighted by molar-refractivity contribution is -0.117. The van der Waals surface area contributed by atoms with E-state index in [1.54, 1.807) is 37.3 Å². The monoisotopic (exact) mass is 418 g/mol. The number of amides is 1. The molecule has 1 fully saturated rings. The van der Waals surface area contributed by atoms with Gasteiger partial charge in [-0.05, 0) is 26.0 Å². The van der Waals surface area contributed by atoms with Gasteiger partial charge in [0.15, 0.2) is 5.82 Å². The fourth-order valence-corrected chi connectivity index (χ4v) is 3.85. The number of anilines is 1. The summed E-state index contributed by atoms with van der Waals surface area (Å²) in [5.41, 5.74) is 1.01. The number of para-hydroxylation sites is 2. The Balaban J connectivity index is 1.38. The zero-order valence-electron chi connectivity index (χ0n) is 16.9. The van der Waals surface area contributed by atoms with Crippen molar-refractivity contribution in [1.82, 2.24) is 24.5 Å². The summed E-state index contributed by atoms with van der Waals surface area (Å²) in [7, 11) is 0. The maximum absolute atomic E-state index is 13.7. The van der Waals surface area contributed by atoms with E-state index in [4.69, 9.17) is 4.52 Å². The van der Waals surface area contributed by atoms with Crippen molar-refractivity contribution in [3.8, 4) is 0 Å². The lowest BCUT2D eigenvalue weighted by atomic mass is 10.2. The second kappa shape index (κ2) is 8.49. The van der Waals surface area contributed by atoms with Crippen LogP contribution >= 0.6 is 0 Å². The molecule has 0 radical (unpaired) electrons. The van der Waals surface area contributed by atoms with E-state index in [1.807, 2.05) is 11.8 Å². The van der Waals surface area contributed by atoms with Gasteiger partial charge in [-0.25, -0.2) is 4.98 Å². The molecule has 30 heavy (non-hydrogen) atoms. The Kier molecular flexibility index (Phi) is 5.78. The third-order valence-electron chi connectivity index (χ3n) is 5.41. The number of carbonyl (C=O) groups excluding carboxylic acids is 1. The van der Waals surface area contributed by atoms with Crippen molar-refractivity contribution in [2.24, 2.45) is 0 Å². The number of hydrogen-bond donors (Lipinski definition) is 1. The molecule has 1 aliphatic heterocycles. The summed E-state index contributed by atoms with van der Waals surface area (Å²) >= 11 is 0. The first-order chi connectivity index (χ1) is 14.4. The molecule has 3 heterocycles. The molecule has 0 saturated carbocycles. The molecule has 160 valence electrons. The fraction of sp³-hybridized carbons (Fsp3) is 0.450. The summed E-state index contributed by atoms with van der Waals surface area (Å²) < 4.78 is 33.4. The fourth-order valence-electron chi connectivity index (χ4n) is 3.85. The van der Waals surface area contributed by atoms with Crippen molar-refractivity contribution in [2.45, 2.75) is 26.4 Å². The Labute approximate surface area is 172 Å². The van der Waals surface area contributed by atoms with Crippen molar-refractivity contribution in [3.05, 3.63) is 41.9 Å². The lowest BCUT2D eigenvalue weighted by Gasteiger charge is -2.37. The van der Waals surface area contributed by atoms with Gasteiger partial charge in [0, 0.05) is 32.2 Å². The van der Waals surface area contributed by atoms with Crippen molar-refractivity contribution in [3.63, 3.8) is 0 Å². The minimum Gasteiger partial charge on any atom is -0.360 e. The van der Waals surface area contributed by atoms with Gasteiger partial charge in [-0.1, -0.05) is 17.3 Å². The van der Waals surface area contributed by atoms with Crippen LogP contribution < -0.4 is 5.32 Å². The van der Waals surface area contributed by atoms with Crippen LogP contribution in [0, 0.1) is 6.92 Å². The molecule has 1 aromatic carbocycles. The quantitative estimate of drug-likeness (QED) is 0.663. The average Bonchev–Trinajstić information content (AvgIpc) is 3.31. The van der Waals surface area contributed by atoms with Crippen LogP contribution in [0.2, 0.25) is 0 Å². The molecule has 1 atom stereocenters. The zero-order valence-corrected chi connectivity index (χ0v) is 16.9. The van der Waals surface area contributed by atoms with Crippen LogP contribution in [0.15, 0.2) is 34.9 Å². The Morgan fingerprint density at radius 1 is 1.23 bits per heavy atom. The summed E-state index contributed by atoms with van der Waals surface area (Å²) in [6.07, 6.45) is 0. The summed E-state index contributed by atoms with van der Waals surface area (Å²) in [4.78, 5) is 20.8. The third kappa shape index (κ3) is 4.19. The molecular weight excluding hydrogens is 394 g/mol. The van der Waals surface area contributed by atoms with Crippen LogP contribution in [0.1, 0.15) is 31.1 Å². The van der Waals surface area contributed by atoms with E-state index in [1.165, 1.54) is 0 Å². The van der Waals surface area contributed by atoms with Gasteiger partial charge in [-0.2, -0.15) is 8.78 Å². The SMILES string of the molecule is Cc1cc(NC(=O)CN2CCN(C(C)c3nc4ccccc4n3C(F)F)CC2)no1. The molecule has 8 nitrogen and oxygen atoms in total. The first-order valence-electron chi connectivity index (χ1n) is 9.87. The number of nitrogens with zero attached hydrogens (tertiary/aromatic N) is 5. The van der Waals surface area contributed by atoms with E-state index in [-0.39, 0.29) is 18.5 Å². The Hall–Kier alpha value is -2.85. The van der Waals surface area contributed by atoms with E-state index < -0.39 is 6.55 Å². The van der Waals surface area contributed by atoms with Crippen LogP contribution in [0.25, 0.3) is 11.0 Å². The topological polar surface area (TPSA) is 79.4 Å². The number of aromatic nitrogens is 3. The number of piperazine rings is 1. The molecule has 1 aliphatic rings. The van der Waals surface area contributed by atoms with Crippen molar-refractivity contribution >= 4 is 22.8 Å². The highest BCUT2D eigenvalue weighted by molar-refractivity contribution is 5.91. The molecule has 2 aromatic heterocycles. The number of nitrogens with one attached hydrogen (secondary N) is 1. The second-order valence-electron chi connectivity index (χ2n) is 7.47. The predicted molar refractivity (Wildman–Crippen MR) is 107 cm³/mol. The third-order valence-corrected chi connectivity index (χ3v) is 5.41. The number of benzene rings is 1. The van der Waals surface area contributed by atoms with E-state index in [0.717, 1.165) is 4.57 Å². The highest BCUT2D eigenvalue weighted by Crippen LogP contribution is 2.29. The minimum absolute atomic E-state index is 0.163. The van der Waals surface area contributed by atoms with E-state index in [0.29, 0.717) is 54.6 Å². The molecule has 1 unspecified atom stereocenters. The number of carbonyl (C=O) groups is 1. The molecule has 1 N–H and O–H groups in total. The number of aryl methyl sites for hydroxylation is 1. The van der Waals surface area contributed by atoms with Gasteiger partial charge in [0.2, 0.25) is 5.91 Å². The van der Waals surface area contributed by atoms with E-state index in [9.17, 15) is 13.6 Å². The van der Waals surface area contributed by atoms with Gasteiger partial charge >= 0.3 is 6.55 Å². The highest BCUT2D eigenvalue weighted by Gasteiger charge is 2.28. The minimum atomic E-state index is -2.65. The number of imidazole rings is 1. The van der Waals surface area contributed by atoms with Gasteiger partial charge < -0.3 is 9.84 Å². The smallest absolute Gasteiger partial charge is 0.320 e. The molecule has 0 bridgehead atoms. The normalized spacial score (nSPS) is 17.0. The summed E-state index contributed by atoms with van der Waals surface area (Å²) in [6.45, 7) is 3.87. The van der Waals surface area contributed by atoms with Crippen molar-refractivity contribution in [1.29, 1.82) is 0 Å². The van der Waals surface area contributed by atoms with Crippen molar-refractivity contribution < 1.29 is 18.1 Å². The molecule has 1 saturated heterocycles. The van der Waals surface area contributed by atoms with Gasteiger partial charge in [-0.3, -0.25) is 19.2 Å². The van der Waals surface area contributed by atoms with Crippen LogP contribution in [0.5, 0.6) is 0 Å². The maximum atomic E-state index is 13.7. The van der Waals surface area contributed by atoms with Crippen molar-refractivity contribution in [2.75, 3.05) is 38.0 Å². The maximum Gasteiger partial charge on any atom is 0.320 e. The Morgan fingerprint density at radius 2 is 1.97 bits per heavy atom. The van der Waals surface area contributed by atoms with Crippen LogP contribution in [-0.2, 0) is 4.79 Å². The molecule has 0 aliphatic carbocycles. The first kappa shape index (κ1) is 20.4. The molecule has 3 aromatic rings. The molecular formula is C20H24F2N6O2. The Bertz CT molecular complexity index is 1030. The highest BCUT2D eigenvalue weighted by atomic mass is 19.3. The van der Waals surface area contributed by atoms with E-state index >= 15 is 0 Å². The summed E-state index contributed by atoms with van der Waals surface area (Å²) in [5, 5.41) is 6.46. The van der Waals surface area contributed by atoms with Gasteiger partial charge in [0.05, 0.1) is 23.6 Å². The summed E-state index contributed by atoms with van der Waals surface area (Å²) in [5.74, 6) is 1.22. The number of alkyl halides is 2. The Morgan fingerprint density at radius 3 is 2.63 bits per heavy atom. The molecule has 4 rings (SSSR count). The number of fused-ring (bicyclic) bond motifs is 1. The molecule has 0 spiro atoms. The number of hydrogen-bond acceptors (Lipinski definition) is 6. The molecule has 10 heteroatoms. The average molecular weight is 418 g/mol. The van der Waals surface area contributed by atoms with E-state index in [2.05, 4.69) is 20.4 Å². The number of halogens is 2. The zero-order chi connectivity index (χ0) is 21.3. The predicted octanol–water partition coefficient (Wildman–Crippen LogP) is 3.05. The van der Waals surface area contributed by atoms with Gasteiger partial charge in [0.1, 0.15) is 11.6 Å². The largest absolute Gasteiger partial charge is 0.360 e. The van der Waals surface area contributed by atoms with Crippen LogP contribution in [-0.4, -0.2) is 63.1 Å². The number of rotatable bonds is 6. The van der Waals surface area contributed by atoms with Gasteiger partial charge in [-0.15, -0.1) is 0 Å². The molecule has 1 amide bonds. The first-order valence-corrected chi connectivity index (χ1v) is 9.87. The lowest BCUT2D eigenvalue weighted by Crippen LogP contribution is -2.49. The second-order valence-corrected chi connectivity index (χ2v) is 7.47. The van der Waals surface area contributed by atoms with Crippen LogP contribution in [0.3, 0.4) is 0 Å². The van der Waals surface area contributed by atoms with Gasteiger partial charge in [0.25, 0.3) is 0 Å². The standard InChI is InChI=1S/C20H24F2N6O2/c1-13-11-17(25-30-13)24-18(29)12-26-7-9-27(10-8-26)14(2)19-23-15-5-3-4-6-16(15)28(19)20(21)22/h3-6,11,14,20H,7-10,12H2,1-2H3,(H,24,25,29). The summed E-state index contributed by atoms with van der Waals surface area (Å²) in [6, 6.07) is 8.34.